The Labute approximate surface area is 132 Å². The molecule has 6 heteroatoms. The number of rotatable bonds is 5. The zero-order chi connectivity index (χ0) is 15.0. The molecule has 0 spiro atoms. The van der Waals surface area contributed by atoms with Gasteiger partial charge in [-0.05, 0) is 62.2 Å². The summed E-state index contributed by atoms with van der Waals surface area (Å²) < 4.78 is 2.27. The maximum absolute atomic E-state index is 10.6. The minimum Gasteiger partial charge on any atom is -0.493 e. The summed E-state index contributed by atoms with van der Waals surface area (Å²) >= 11 is 6.71. The summed E-state index contributed by atoms with van der Waals surface area (Å²) in [6, 6.07) is 0. The predicted molar refractivity (Wildman–Crippen MR) is 85.1 cm³/mol. The molecule has 2 aliphatic carbocycles. The fraction of sp³-hybridized carbons (Fsp3) is 0.600. The van der Waals surface area contributed by atoms with Gasteiger partial charge >= 0.3 is 5.97 Å². The zero-order valence-electron chi connectivity index (χ0n) is 11.7. The van der Waals surface area contributed by atoms with Crippen LogP contribution in [0.15, 0.2) is 5.57 Å². The van der Waals surface area contributed by atoms with Gasteiger partial charge in [-0.15, -0.1) is 11.3 Å². The van der Waals surface area contributed by atoms with E-state index in [1.54, 1.807) is 4.57 Å². The van der Waals surface area contributed by atoms with Gasteiger partial charge < -0.3 is 10.2 Å². The summed E-state index contributed by atoms with van der Waals surface area (Å²) in [5.74, 6) is 0.922. The van der Waals surface area contributed by atoms with Gasteiger partial charge in [-0.2, -0.15) is 0 Å². The van der Waals surface area contributed by atoms with Gasteiger partial charge in [-0.25, -0.2) is 0 Å². The first kappa shape index (κ1) is 14.8. The molecule has 0 amide bonds. The second-order valence-electron chi connectivity index (χ2n) is 6.00. The Hall–Kier alpha value is -1.14. The van der Waals surface area contributed by atoms with E-state index in [4.69, 9.17) is 17.3 Å². The third-order valence-electron chi connectivity index (χ3n) is 4.57. The highest BCUT2D eigenvalue weighted by Gasteiger charge is 2.35. The molecule has 1 aromatic heterocycles. The molecule has 0 aliphatic heterocycles. The SMILES string of the molecule is O=C(O)CCCn1c(O)c(C=C2CC3CCC2C3)sc1=S. The fourth-order valence-corrected chi connectivity index (χ4v) is 4.87. The first-order valence-corrected chi connectivity index (χ1v) is 8.62. The standard InChI is InChI=1S/C15H19NO3S2/c17-13(18)2-1-5-16-14(19)12(21-15(16)20)8-11-7-9-3-4-10(11)6-9/h8-10,19H,1-7H2,(H,17,18). The summed E-state index contributed by atoms with van der Waals surface area (Å²) in [5.41, 5.74) is 1.45. The molecule has 3 rings (SSSR count). The molecular formula is C15H19NO3S2. The minimum atomic E-state index is -0.819. The number of hydrogen-bond donors (Lipinski definition) is 2. The molecule has 1 aromatic rings. The molecule has 0 saturated heterocycles. The molecule has 2 aliphatic rings. The van der Waals surface area contributed by atoms with Crippen molar-refractivity contribution in [3.8, 4) is 5.88 Å². The summed E-state index contributed by atoms with van der Waals surface area (Å²) in [5, 5.41) is 19.0. The number of allylic oxidation sites excluding steroid dienone is 1. The Balaban J connectivity index is 1.76. The number of carboxylic acid groups (broad SMARTS) is 1. The van der Waals surface area contributed by atoms with Crippen molar-refractivity contribution in [1.82, 2.24) is 4.57 Å². The first-order valence-electron chi connectivity index (χ1n) is 7.39. The number of nitrogens with zero attached hydrogens (tertiary/aromatic N) is 1. The third kappa shape index (κ3) is 3.06. The Morgan fingerprint density at radius 3 is 2.90 bits per heavy atom. The van der Waals surface area contributed by atoms with E-state index in [2.05, 4.69) is 6.08 Å². The lowest BCUT2D eigenvalue weighted by Crippen LogP contribution is -2.01. The van der Waals surface area contributed by atoms with Crippen molar-refractivity contribution in [2.75, 3.05) is 0 Å². The number of carbonyl (C=O) groups is 1. The lowest BCUT2D eigenvalue weighted by Gasteiger charge is -2.12. The lowest BCUT2D eigenvalue weighted by atomic mass is 9.94. The van der Waals surface area contributed by atoms with Crippen LogP contribution >= 0.6 is 23.6 Å². The molecule has 4 nitrogen and oxygen atoms in total. The van der Waals surface area contributed by atoms with Crippen LogP contribution in [0.1, 0.15) is 43.4 Å². The summed E-state index contributed by atoms with van der Waals surface area (Å²) in [6.07, 6.45) is 7.78. The van der Waals surface area contributed by atoms with E-state index in [1.165, 1.54) is 36.2 Å². The Kier molecular flexibility index (Phi) is 4.17. The molecular weight excluding hydrogens is 306 g/mol. The molecule has 0 radical (unpaired) electrons. The van der Waals surface area contributed by atoms with Crippen molar-refractivity contribution in [1.29, 1.82) is 0 Å². The van der Waals surface area contributed by atoms with E-state index in [0.29, 0.717) is 22.8 Å². The topological polar surface area (TPSA) is 62.5 Å². The van der Waals surface area contributed by atoms with E-state index in [9.17, 15) is 9.90 Å². The van der Waals surface area contributed by atoms with Gasteiger partial charge in [0.15, 0.2) is 3.95 Å². The molecule has 114 valence electrons. The molecule has 2 fully saturated rings. The van der Waals surface area contributed by atoms with Crippen molar-refractivity contribution >= 4 is 35.6 Å². The minimum absolute atomic E-state index is 0.0945. The van der Waals surface area contributed by atoms with Crippen LogP contribution in [0.2, 0.25) is 0 Å². The highest BCUT2D eigenvalue weighted by molar-refractivity contribution is 7.73. The van der Waals surface area contributed by atoms with E-state index >= 15 is 0 Å². The molecule has 2 atom stereocenters. The van der Waals surface area contributed by atoms with Crippen LogP contribution in [0.4, 0.5) is 0 Å². The monoisotopic (exact) mass is 325 g/mol. The average molecular weight is 325 g/mol. The van der Waals surface area contributed by atoms with Crippen LogP contribution in [0.5, 0.6) is 5.88 Å². The molecule has 2 saturated carbocycles. The molecule has 2 unspecified atom stereocenters. The van der Waals surface area contributed by atoms with Crippen molar-refractivity contribution in [3.05, 3.63) is 14.4 Å². The summed E-state index contributed by atoms with van der Waals surface area (Å²) in [6.45, 7) is 0.461. The smallest absolute Gasteiger partial charge is 0.303 e. The van der Waals surface area contributed by atoms with E-state index < -0.39 is 5.97 Å². The van der Waals surface area contributed by atoms with Gasteiger partial charge in [-0.3, -0.25) is 9.36 Å². The number of carboxylic acids is 1. The fourth-order valence-electron chi connectivity index (χ4n) is 3.54. The predicted octanol–water partition coefficient (Wildman–Crippen LogP) is 4.05. The largest absolute Gasteiger partial charge is 0.493 e. The van der Waals surface area contributed by atoms with Crippen LogP contribution in [0.3, 0.4) is 0 Å². The molecule has 0 aromatic carbocycles. The van der Waals surface area contributed by atoms with Crippen LogP contribution < -0.4 is 0 Å². The highest BCUT2D eigenvalue weighted by Crippen LogP contribution is 2.49. The Morgan fingerprint density at radius 1 is 1.48 bits per heavy atom. The lowest BCUT2D eigenvalue weighted by molar-refractivity contribution is -0.137. The van der Waals surface area contributed by atoms with Gasteiger partial charge in [0.25, 0.3) is 0 Å². The van der Waals surface area contributed by atoms with Crippen molar-refractivity contribution in [3.63, 3.8) is 0 Å². The van der Waals surface area contributed by atoms with Crippen LogP contribution in [-0.4, -0.2) is 20.7 Å². The molecule has 21 heavy (non-hydrogen) atoms. The first-order chi connectivity index (χ1) is 10.0. The van der Waals surface area contributed by atoms with Crippen molar-refractivity contribution in [2.24, 2.45) is 11.8 Å². The summed E-state index contributed by atoms with van der Waals surface area (Å²) in [7, 11) is 0. The average Bonchev–Trinajstić information content (AvgIpc) is 3.09. The number of hydrogen-bond acceptors (Lipinski definition) is 4. The second-order valence-corrected chi connectivity index (χ2v) is 7.68. The van der Waals surface area contributed by atoms with Crippen molar-refractivity contribution < 1.29 is 15.0 Å². The van der Waals surface area contributed by atoms with Crippen molar-refractivity contribution in [2.45, 2.75) is 45.1 Å². The van der Waals surface area contributed by atoms with Crippen LogP contribution in [-0.2, 0) is 11.3 Å². The quantitative estimate of drug-likeness (QED) is 0.802. The Morgan fingerprint density at radius 2 is 2.29 bits per heavy atom. The van der Waals surface area contributed by atoms with Gasteiger partial charge in [0.2, 0.25) is 5.88 Å². The number of aromatic hydroxyl groups is 1. The number of aliphatic carboxylic acids is 1. The maximum atomic E-state index is 10.6. The van der Waals surface area contributed by atoms with E-state index in [1.807, 2.05) is 0 Å². The summed E-state index contributed by atoms with van der Waals surface area (Å²) in [4.78, 5) is 11.4. The maximum Gasteiger partial charge on any atom is 0.303 e. The van der Waals surface area contributed by atoms with Gasteiger partial charge in [0, 0.05) is 13.0 Å². The molecule has 1 heterocycles. The number of aromatic nitrogens is 1. The van der Waals surface area contributed by atoms with Gasteiger partial charge in [0.05, 0.1) is 4.88 Å². The van der Waals surface area contributed by atoms with Crippen LogP contribution in [0.25, 0.3) is 6.08 Å². The molecule has 2 N–H and O–H groups in total. The number of fused-ring (bicyclic) bond motifs is 2. The van der Waals surface area contributed by atoms with E-state index in [0.717, 1.165) is 17.2 Å². The number of thiazole rings is 1. The Bertz CT molecular complexity index is 644. The van der Waals surface area contributed by atoms with Gasteiger partial charge in [0.1, 0.15) is 0 Å². The normalized spacial score (nSPS) is 25.8. The third-order valence-corrected chi connectivity index (χ3v) is 5.96. The second kappa shape index (κ2) is 5.93. The molecule has 2 bridgehead atoms. The highest BCUT2D eigenvalue weighted by atomic mass is 32.1. The zero-order valence-corrected chi connectivity index (χ0v) is 13.4. The van der Waals surface area contributed by atoms with Crippen LogP contribution in [0, 0.1) is 15.8 Å². The van der Waals surface area contributed by atoms with Gasteiger partial charge in [-0.1, -0.05) is 5.57 Å². The van der Waals surface area contributed by atoms with E-state index in [-0.39, 0.29) is 12.3 Å².